The zero-order chi connectivity index (χ0) is 14.0. The molecule has 0 saturated heterocycles. The SMILES string of the molecule is Nc1cc(S(=O)(=O)Nc2cc(Br)ccc2Br)ccn1. The van der Waals surface area contributed by atoms with E-state index >= 15 is 0 Å². The lowest BCUT2D eigenvalue weighted by atomic mass is 10.3. The summed E-state index contributed by atoms with van der Waals surface area (Å²) < 4.78 is 28.3. The van der Waals surface area contributed by atoms with E-state index in [-0.39, 0.29) is 10.7 Å². The van der Waals surface area contributed by atoms with Gasteiger partial charge in [-0.15, -0.1) is 0 Å². The maximum atomic E-state index is 12.2. The zero-order valence-corrected chi connectivity index (χ0v) is 13.5. The Hall–Kier alpha value is -1.12. The van der Waals surface area contributed by atoms with Crippen LogP contribution in [0.15, 0.2) is 50.4 Å². The average Bonchev–Trinajstić information content (AvgIpc) is 2.33. The van der Waals surface area contributed by atoms with E-state index in [0.717, 1.165) is 4.47 Å². The molecule has 3 N–H and O–H groups in total. The molecule has 0 aliphatic carbocycles. The molecular formula is C11H9Br2N3O2S. The number of nitrogens with two attached hydrogens (primary N) is 1. The quantitative estimate of drug-likeness (QED) is 0.820. The molecule has 19 heavy (non-hydrogen) atoms. The van der Waals surface area contributed by atoms with Crippen LogP contribution >= 0.6 is 31.9 Å². The highest BCUT2D eigenvalue weighted by Crippen LogP contribution is 2.28. The van der Waals surface area contributed by atoms with E-state index in [1.165, 1.54) is 18.3 Å². The van der Waals surface area contributed by atoms with Crippen LogP contribution in [0.25, 0.3) is 0 Å². The Morgan fingerprint density at radius 2 is 1.89 bits per heavy atom. The van der Waals surface area contributed by atoms with Gasteiger partial charge in [-0.25, -0.2) is 13.4 Å². The molecule has 0 radical (unpaired) electrons. The summed E-state index contributed by atoms with van der Waals surface area (Å²) in [4.78, 5) is 3.82. The minimum Gasteiger partial charge on any atom is -0.384 e. The number of anilines is 2. The van der Waals surface area contributed by atoms with Gasteiger partial charge in [0.25, 0.3) is 10.0 Å². The van der Waals surface area contributed by atoms with Crippen molar-refractivity contribution in [2.45, 2.75) is 4.90 Å². The van der Waals surface area contributed by atoms with E-state index in [9.17, 15) is 8.42 Å². The van der Waals surface area contributed by atoms with Crippen LogP contribution < -0.4 is 10.5 Å². The van der Waals surface area contributed by atoms with Crippen molar-refractivity contribution >= 4 is 53.4 Å². The van der Waals surface area contributed by atoms with Crippen molar-refractivity contribution in [3.8, 4) is 0 Å². The first-order valence-electron chi connectivity index (χ1n) is 5.08. The van der Waals surface area contributed by atoms with Crippen LogP contribution in [0, 0.1) is 0 Å². The second-order valence-electron chi connectivity index (χ2n) is 3.65. The molecule has 0 aliphatic rings. The Bertz CT molecular complexity index is 720. The number of nitrogens with zero attached hydrogens (tertiary/aromatic N) is 1. The lowest BCUT2D eigenvalue weighted by molar-refractivity contribution is 0.601. The van der Waals surface area contributed by atoms with Crippen LogP contribution in [-0.2, 0) is 10.0 Å². The number of benzene rings is 1. The molecule has 0 spiro atoms. The molecule has 1 heterocycles. The summed E-state index contributed by atoms with van der Waals surface area (Å²) in [7, 11) is -3.70. The van der Waals surface area contributed by atoms with E-state index in [0.29, 0.717) is 10.2 Å². The highest BCUT2D eigenvalue weighted by Gasteiger charge is 2.16. The second kappa shape index (κ2) is 5.48. The van der Waals surface area contributed by atoms with Gasteiger partial charge >= 0.3 is 0 Å². The Kier molecular flexibility index (Phi) is 4.12. The molecular weight excluding hydrogens is 398 g/mol. The number of hydrogen-bond donors (Lipinski definition) is 2. The summed E-state index contributed by atoms with van der Waals surface area (Å²) in [5.41, 5.74) is 5.92. The number of nitrogen functional groups attached to an aromatic ring is 1. The molecule has 0 unspecified atom stereocenters. The number of pyridine rings is 1. The first-order chi connectivity index (χ1) is 8.88. The highest BCUT2D eigenvalue weighted by molar-refractivity contribution is 9.11. The van der Waals surface area contributed by atoms with E-state index in [1.54, 1.807) is 18.2 Å². The van der Waals surface area contributed by atoms with Gasteiger partial charge in [0, 0.05) is 21.2 Å². The van der Waals surface area contributed by atoms with Crippen molar-refractivity contribution in [2.75, 3.05) is 10.5 Å². The number of sulfonamides is 1. The first kappa shape index (κ1) is 14.3. The van der Waals surface area contributed by atoms with Gasteiger partial charge in [0.05, 0.1) is 10.6 Å². The number of nitrogens with one attached hydrogen (secondary N) is 1. The fraction of sp³-hybridized carbons (Fsp3) is 0. The van der Waals surface area contributed by atoms with E-state index in [2.05, 4.69) is 41.6 Å². The largest absolute Gasteiger partial charge is 0.384 e. The van der Waals surface area contributed by atoms with Crippen molar-refractivity contribution in [1.29, 1.82) is 0 Å². The third kappa shape index (κ3) is 3.46. The smallest absolute Gasteiger partial charge is 0.262 e. The van der Waals surface area contributed by atoms with Gasteiger partial charge in [0.15, 0.2) is 0 Å². The molecule has 0 bridgehead atoms. The van der Waals surface area contributed by atoms with E-state index in [1.807, 2.05) is 0 Å². The number of rotatable bonds is 3. The van der Waals surface area contributed by atoms with E-state index < -0.39 is 10.0 Å². The molecule has 1 aromatic carbocycles. The lowest BCUT2D eigenvalue weighted by Gasteiger charge is -2.10. The van der Waals surface area contributed by atoms with Gasteiger partial charge in [0.2, 0.25) is 0 Å². The van der Waals surface area contributed by atoms with Crippen molar-refractivity contribution in [3.63, 3.8) is 0 Å². The molecule has 5 nitrogen and oxygen atoms in total. The van der Waals surface area contributed by atoms with Crippen molar-refractivity contribution < 1.29 is 8.42 Å². The van der Waals surface area contributed by atoms with Gasteiger partial charge in [-0.1, -0.05) is 15.9 Å². The van der Waals surface area contributed by atoms with Gasteiger partial charge in [-0.3, -0.25) is 4.72 Å². The van der Waals surface area contributed by atoms with Crippen LogP contribution in [-0.4, -0.2) is 13.4 Å². The van der Waals surface area contributed by atoms with Crippen LogP contribution in [0.1, 0.15) is 0 Å². The maximum Gasteiger partial charge on any atom is 0.262 e. The highest BCUT2D eigenvalue weighted by atomic mass is 79.9. The first-order valence-corrected chi connectivity index (χ1v) is 8.15. The molecule has 100 valence electrons. The summed E-state index contributed by atoms with van der Waals surface area (Å²) in [6.07, 6.45) is 1.35. The molecule has 8 heteroatoms. The third-order valence-corrected chi connectivity index (χ3v) is 4.78. The van der Waals surface area contributed by atoms with E-state index in [4.69, 9.17) is 5.73 Å². The minimum absolute atomic E-state index is 0.0619. The molecule has 0 fully saturated rings. The lowest BCUT2D eigenvalue weighted by Crippen LogP contribution is -2.13. The normalized spacial score (nSPS) is 11.3. The minimum atomic E-state index is -3.70. The summed E-state index contributed by atoms with van der Waals surface area (Å²) in [5, 5.41) is 0. The van der Waals surface area contributed by atoms with Crippen LogP contribution in [0.4, 0.5) is 11.5 Å². The summed E-state index contributed by atoms with van der Waals surface area (Å²) in [5.74, 6) is 0.149. The fourth-order valence-corrected chi connectivity index (χ4v) is 3.30. The standard InChI is InChI=1S/C11H9Br2N3O2S/c12-7-1-2-9(13)10(5-7)16-19(17,18)8-3-4-15-11(14)6-8/h1-6,16H,(H2,14,15). The average molecular weight is 407 g/mol. The number of aromatic nitrogens is 1. The molecule has 0 saturated carbocycles. The Balaban J connectivity index is 2.39. The monoisotopic (exact) mass is 405 g/mol. The number of hydrogen-bond acceptors (Lipinski definition) is 4. The summed E-state index contributed by atoms with van der Waals surface area (Å²) >= 11 is 6.57. The fourth-order valence-electron chi connectivity index (χ4n) is 1.37. The van der Waals surface area contributed by atoms with Gasteiger partial charge in [-0.2, -0.15) is 0 Å². The summed E-state index contributed by atoms with van der Waals surface area (Å²) in [6, 6.07) is 7.88. The summed E-state index contributed by atoms with van der Waals surface area (Å²) in [6.45, 7) is 0. The third-order valence-electron chi connectivity index (χ3n) is 2.24. The van der Waals surface area contributed by atoms with Crippen LogP contribution in [0.5, 0.6) is 0 Å². The second-order valence-corrected chi connectivity index (χ2v) is 7.10. The zero-order valence-electron chi connectivity index (χ0n) is 9.47. The molecule has 0 atom stereocenters. The number of halogens is 2. The molecule has 1 aromatic heterocycles. The Labute approximate surface area is 127 Å². The molecule has 0 aliphatic heterocycles. The predicted octanol–water partition coefficient (Wildman–Crippen LogP) is 2.99. The molecule has 2 aromatic rings. The van der Waals surface area contributed by atoms with Gasteiger partial charge in [-0.05, 0) is 40.2 Å². The molecule has 2 rings (SSSR count). The van der Waals surface area contributed by atoms with Crippen molar-refractivity contribution in [1.82, 2.24) is 4.98 Å². The Morgan fingerprint density at radius 1 is 1.16 bits per heavy atom. The molecule has 0 amide bonds. The van der Waals surface area contributed by atoms with Crippen molar-refractivity contribution in [3.05, 3.63) is 45.5 Å². The predicted molar refractivity (Wildman–Crippen MR) is 81.3 cm³/mol. The maximum absolute atomic E-state index is 12.2. The van der Waals surface area contributed by atoms with Crippen LogP contribution in [0.3, 0.4) is 0 Å². The van der Waals surface area contributed by atoms with Gasteiger partial charge < -0.3 is 5.73 Å². The Morgan fingerprint density at radius 3 is 2.58 bits per heavy atom. The van der Waals surface area contributed by atoms with Gasteiger partial charge in [0.1, 0.15) is 5.82 Å². The van der Waals surface area contributed by atoms with Crippen molar-refractivity contribution in [2.24, 2.45) is 0 Å². The topological polar surface area (TPSA) is 85.1 Å². The van der Waals surface area contributed by atoms with Crippen LogP contribution in [0.2, 0.25) is 0 Å².